The summed E-state index contributed by atoms with van der Waals surface area (Å²) in [7, 11) is 2.63. The molecule has 2 aliphatic carbocycles. The van der Waals surface area contributed by atoms with E-state index in [9.17, 15) is 19.2 Å². The number of carbonyl (C=O) groups is 4. The number of benzene rings is 2. The Kier molecular flexibility index (Phi) is 12.9. The minimum absolute atomic E-state index is 0.00214. The van der Waals surface area contributed by atoms with E-state index in [1.165, 1.54) is 30.4 Å². The number of fused-ring (bicyclic) bond motifs is 1. The molecule has 4 amide bonds. The van der Waals surface area contributed by atoms with Crippen LogP contribution >= 0.6 is 0 Å². The number of alkyl carbamates (subject to hydrolysis) is 1. The van der Waals surface area contributed by atoms with Crippen LogP contribution in [0.25, 0.3) is 28.0 Å². The Morgan fingerprint density at radius 3 is 2.15 bits per heavy atom. The fraction of sp³-hybridized carbons (Fsp3) is 0.521. The van der Waals surface area contributed by atoms with Crippen molar-refractivity contribution in [2.24, 2.45) is 22.7 Å². The van der Waals surface area contributed by atoms with E-state index < -0.39 is 18.2 Å². The summed E-state index contributed by atoms with van der Waals surface area (Å²) in [4.78, 5) is 63.2. The number of carbonyl (C=O) groups excluding carboxylic acids is 4. The van der Waals surface area contributed by atoms with Crippen LogP contribution in [0.5, 0.6) is 0 Å². The Balaban J connectivity index is 0.941. The van der Waals surface area contributed by atoms with Crippen molar-refractivity contribution >= 4 is 35.3 Å². The van der Waals surface area contributed by atoms with Gasteiger partial charge in [-0.05, 0) is 117 Å². The highest BCUT2D eigenvalue weighted by Gasteiger charge is 2.42. The van der Waals surface area contributed by atoms with Crippen LogP contribution in [0, 0.1) is 17.8 Å². The monoisotopic (exact) mass is 832 g/mol. The zero-order chi connectivity index (χ0) is 42.6. The molecule has 3 aliphatic heterocycles. The molecule has 3 N–H and O–H groups in total. The highest BCUT2D eigenvalue weighted by molar-refractivity contribution is 6.02. The van der Waals surface area contributed by atoms with Gasteiger partial charge in [0.1, 0.15) is 6.04 Å². The van der Waals surface area contributed by atoms with E-state index in [0.29, 0.717) is 26.2 Å². The summed E-state index contributed by atoms with van der Waals surface area (Å²) in [6.45, 7) is 5.59. The number of nitrogens with one attached hydrogen (secondary N) is 3. The lowest BCUT2D eigenvalue weighted by Crippen LogP contribution is -2.54. The van der Waals surface area contributed by atoms with Crippen LogP contribution < -0.4 is 10.7 Å². The number of aliphatic imine (C=N–C) groups is 1. The van der Waals surface area contributed by atoms with Crippen molar-refractivity contribution in [3.05, 3.63) is 77.1 Å². The number of aromatic amines is 1. The van der Waals surface area contributed by atoms with Crippen molar-refractivity contribution in [1.82, 2.24) is 25.6 Å². The second-order valence-electron chi connectivity index (χ2n) is 17.5. The van der Waals surface area contributed by atoms with Crippen LogP contribution in [0.1, 0.15) is 106 Å². The van der Waals surface area contributed by atoms with Gasteiger partial charge in [0.05, 0.1) is 20.3 Å². The summed E-state index contributed by atoms with van der Waals surface area (Å²) in [6, 6.07) is 16.5. The van der Waals surface area contributed by atoms with E-state index in [0.717, 1.165) is 116 Å². The van der Waals surface area contributed by atoms with Gasteiger partial charge in [-0.15, -0.1) is 0 Å². The molecule has 0 spiro atoms. The predicted molar refractivity (Wildman–Crippen MR) is 233 cm³/mol. The van der Waals surface area contributed by atoms with Gasteiger partial charge in [-0.2, -0.15) is 0 Å². The molecule has 13 heteroatoms. The molecule has 13 nitrogen and oxygen atoms in total. The molecule has 0 bridgehead atoms. The van der Waals surface area contributed by atoms with Gasteiger partial charge in [0.2, 0.25) is 11.8 Å². The molecule has 324 valence electrons. The first kappa shape index (κ1) is 42.3. The van der Waals surface area contributed by atoms with Crippen molar-refractivity contribution in [1.29, 1.82) is 0 Å². The van der Waals surface area contributed by atoms with Crippen molar-refractivity contribution in [3.63, 3.8) is 0 Å². The van der Waals surface area contributed by atoms with Crippen LogP contribution in [0.15, 0.2) is 59.7 Å². The van der Waals surface area contributed by atoms with Gasteiger partial charge in [0.25, 0.3) is 0 Å². The number of amides is 4. The van der Waals surface area contributed by atoms with Gasteiger partial charge in [0.15, 0.2) is 0 Å². The number of H-pyrrole nitrogens is 1. The highest BCUT2D eigenvalue weighted by atomic mass is 16.5. The summed E-state index contributed by atoms with van der Waals surface area (Å²) in [5.41, 5.74) is 14.3. The molecule has 8 rings (SSSR count). The Labute approximate surface area is 358 Å². The molecule has 4 heterocycles. The first-order chi connectivity index (χ1) is 29.6. The Morgan fingerprint density at radius 1 is 0.803 bits per heavy atom. The molecular formula is C48H60N6O7. The summed E-state index contributed by atoms with van der Waals surface area (Å²) in [6.07, 6.45) is 11.4. The Hall–Kier alpha value is -5.43. The average molecular weight is 833 g/mol. The maximum absolute atomic E-state index is 14.3. The molecule has 1 aromatic heterocycles. The third-order valence-electron chi connectivity index (χ3n) is 13.6. The van der Waals surface area contributed by atoms with Crippen LogP contribution in [-0.4, -0.2) is 90.7 Å². The van der Waals surface area contributed by atoms with Gasteiger partial charge < -0.3 is 29.4 Å². The maximum atomic E-state index is 14.3. The van der Waals surface area contributed by atoms with Crippen molar-refractivity contribution < 1.29 is 33.4 Å². The molecule has 5 aliphatic rings. The Bertz CT molecular complexity index is 2150. The fourth-order valence-corrected chi connectivity index (χ4v) is 10.4. The normalized spacial score (nSPS) is 22.0. The topological polar surface area (TPSA) is 155 Å². The minimum Gasteiger partial charge on any atom is -0.453 e. The first-order valence-electron chi connectivity index (χ1n) is 22.3. The van der Waals surface area contributed by atoms with Crippen LogP contribution in [0.2, 0.25) is 0 Å². The largest absolute Gasteiger partial charge is 0.453 e. The molecule has 2 unspecified atom stereocenters. The number of hydrogen-bond donors (Lipinski definition) is 3. The number of nitrogens with zero attached hydrogens (tertiary/aromatic N) is 3. The van der Waals surface area contributed by atoms with E-state index in [1.54, 1.807) is 0 Å². The number of ether oxygens (including phenoxy) is 3. The smallest absolute Gasteiger partial charge is 0.425 e. The SMILES string of the molecule is COC(=O)NC(C(=O)N1CCCC1c1[nH]c(-c2ccc(-c3ccc(C4=CN=C([C@H]5CCCC[C@@H]5C(=O)N(NC(=O)OC)C(C)C)C4)cc3)cc2)c2c1CCC2)C1CCOCC1. The zero-order valence-electron chi connectivity index (χ0n) is 36.0. The van der Waals surface area contributed by atoms with Gasteiger partial charge in [-0.25, -0.2) is 20.0 Å². The standard InChI is InChI=1S/C48H60N6O7/c1-29(2)54(52-48(58)60-4)45(55)39-10-6-5-9-36(39)40-27-35(28-49-40)32-16-14-30(15-17-32)31-18-20-33(21-19-31)42-37-11-7-12-38(37)44(50-42)41-13-8-24-53(41)46(56)43(51-47(57)59-3)34-22-25-61-26-23-34/h14-21,28-29,34,36,39,41,43,50H,5-13,22-27H2,1-4H3,(H,51,57)(H,52,58)/t36-,39-,41?,43?/m0/s1. The molecular weight excluding hydrogens is 773 g/mol. The van der Waals surface area contributed by atoms with Crippen LogP contribution in [0.3, 0.4) is 0 Å². The predicted octanol–water partition coefficient (Wildman–Crippen LogP) is 8.15. The lowest BCUT2D eigenvalue weighted by Gasteiger charge is -2.36. The van der Waals surface area contributed by atoms with Crippen LogP contribution in [-0.2, 0) is 36.6 Å². The van der Waals surface area contributed by atoms with Gasteiger partial charge in [-0.1, -0.05) is 61.4 Å². The van der Waals surface area contributed by atoms with Crippen molar-refractivity contribution in [2.75, 3.05) is 34.0 Å². The average Bonchev–Trinajstić information content (AvgIpc) is 4.13. The summed E-state index contributed by atoms with van der Waals surface area (Å²) in [5, 5.41) is 4.30. The molecule has 3 aromatic rings. The Morgan fingerprint density at radius 2 is 1.46 bits per heavy atom. The van der Waals surface area contributed by atoms with Crippen molar-refractivity contribution in [2.45, 2.75) is 109 Å². The lowest BCUT2D eigenvalue weighted by molar-refractivity contribution is -0.142. The molecule has 61 heavy (non-hydrogen) atoms. The third-order valence-corrected chi connectivity index (χ3v) is 13.6. The van der Waals surface area contributed by atoms with Gasteiger partial charge in [0, 0.05) is 67.4 Å². The lowest BCUT2D eigenvalue weighted by atomic mass is 9.74. The van der Waals surface area contributed by atoms with E-state index in [-0.39, 0.29) is 41.7 Å². The number of rotatable bonds is 10. The van der Waals surface area contributed by atoms with Gasteiger partial charge >= 0.3 is 12.2 Å². The second kappa shape index (κ2) is 18.7. The molecule has 2 saturated heterocycles. The van der Waals surface area contributed by atoms with E-state index in [1.807, 2.05) is 24.9 Å². The van der Waals surface area contributed by atoms with E-state index in [4.69, 9.17) is 19.2 Å². The summed E-state index contributed by atoms with van der Waals surface area (Å²) >= 11 is 0. The number of hydrogen-bond acceptors (Lipinski definition) is 8. The van der Waals surface area contributed by atoms with Crippen molar-refractivity contribution in [3.8, 4) is 22.4 Å². The number of aromatic nitrogens is 1. The number of allylic oxidation sites excluding steroid dienone is 1. The summed E-state index contributed by atoms with van der Waals surface area (Å²) in [5.74, 6) is -0.347. The molecule has 3 fully saturated rings. The van der Waals surface area contributed by atoms with Crippen LogP contribution in [0.4, 0.5) is 9.59 Å². The second-order valence-corrected chi connectivity index (χ2v) is 17.5. The van der Waals surface area contributed by atoms with Gasteiger partial charge in [-0.3, -0.25) is 14.6 Å². The van der Waals surface area contributed by atoms with E-state index in [2.05, 4.69) is 64.3 Å². The zero-order valence-corrected chi connectivity index (χ0v) is 36.0. The molecule has 2 aromatic carbocycles. The quantitative estimate of drug-likeness (QED) is 0.174. The molecule has 0 radical (unpaired) electrons. The number of likely N-dealkylation sites (tertiary alicyclic amines) is 1. The molecule has 4 atom stereocenters. The number of methoxy groups -OCH3 is 2. The highest BCUT2D eigenvalue weighted by Crippen LogP contribution is 2.43. The fourth-order valence-electron chi connectivity index (χ4n) is 10.4. The summed E-state index contributed by atoms with van der Waals surface area (Å²) < 4.78 is 15.3. The molecule has 1 saturated carbocycles. The minimum atomic E-state index is -0.649. The number of hydrazine groups is 1. The first-order valence-corrected chi connectivity index (χ1v) is 22.3. The van der Waals surface area contributed by atoms with E-state index >= 15 is 0 Å². The maximum Gasteiger partial charge on any atom is 0.425 e. The third kappa shape index (κ3) is 8.85.